The molecule has 0 amide bonds. The van der Waals surface area contributed by atoms with Crippen LogP contribution in [-0.2, 0) is 23.4 Å². The predicted octanol–water partition coefficient (Wildman–Crippen LogP) is -0.226. The van der Waals surface area contributed by atoms with Gasteiger partial charge in [-0.3, -0.25) is 4.55 Å². The van der Waals surface area contributed by atoms with Crippen LogP contribution in [0.3, 0.4) is 0 Å². The number of aryl methyl sites for hydroxylation is 1. The number of thiazole rings is 1. The summed E-state index contributed by atoms with van der Waals surface area (Å²) in [5.74, 6) is 1.22. The zero-order chi connectivity index (χ0) is 17.6. The minimum Gasteiger partial charge on any atom is -0.726 e. The quantitative estimate of drug-likeness (QED) is 0.316. The molecule has 0 saturated carbocycles. The zero-order valence-corrected chi connectivity index (χ0v) is 15.0. The fraction of sp³-hybridized carbons (Fsp3) is 0.417. The molecule has 0 spiro atoms. The lowest BCUT2D eigenvalue weighted by molar-refractivity contribution is -0.689. The molecule has 136 valence electrons. The van der Waals surface area contributed by atoms with Crippen LogP contribution in [0.25, 0.3) is 0 Å². The molecule has 0 aromatic carbocycles. The number of nitrogens with two attached hydrogens (primary N) is 1. The normalized spacial score (nSPS) is 10.5. The lowest BCUT2D eigenvalue weighted by Gasteiger charge is -2.01. The molecule has 0 saturated heterocycles. The number of nitrogen functional groups attached to an aromatic ring is 1. The third-order valence-corrected chi connectivity index (χ3v) is 4.00. The molecule has 2 rings (SSSR count). The molecular formula is C12H21N5O5S2. The summed E-state index contributed by atoms with van der Waals surface area (Å²) in [4.78, 5) is 9.53. The van der Waals surface area contributed by atoms with Gasteiger partial charge in [-0.15, -0.1) is 0 Å². The molecule has 2 heterocycles. The number of rotatable bonds is 4. The third-order valence-electron chi connectivity index (χ3n) is 2.85. The van der Waals surface area contributed by atoms with Crippen LogP contribution in [0.2, 0.25) is 0 Å². The lowest BCUT2D eigenvalue weighted by Crippen LogP contribution is -2.35. The molecule has 12 heteroatoms. The Labute approximate surface area is 144 Å². The van der Waals surface area contributed by atoms with E-state index >= 15 is 0 Å². The van der Waals surface area contributed by atoms with Crippen molar-refractivity contribution in [1.29, 1.82) is 0 Å². The number of aliphatic hydroxyl groups is 1. The summed E-state index contributed by atoms with van der Waals surface area (Å²) in [6.07, 6.45) is 2.47. The number of nitrogens with zero attached hydrogens (tertiary/aromatic N) is 3. The van der Waals surface area contributed by atoms with Crippen LogP contribution < -0.4 is 16.5 Å². The minimum atomic E-state index is -4.92. The van der Waals surface area contributed by atoms with Crippen LogP contribution in [-0.4, -0.2) is 39.2 Å². The smallest absolute Gasteiger partial charge is 0.225 e. The van der Waals surface area contributed by atoms with Crippen LogP contribution >= 0.6 is 11.3 Å². The van der Waals surface area contributed by atoms with E-state index in [1.54, 1.807) is 17.5 Å². The van der Waals surface area contributed by atoms with Crippen molar-refractivity contribution in [3.63, 3.8) is 0 Å². The van der Waals surface area contributed by atoms with Crippen LogP contribution in [0, 0.1) is 13.8 Å². The molecule has 0 unspecified atom stereocenters. The highest BCUT2D eigenvalue weighted by molar-refractivity contribution is 7.79. The molecule has 0 fully saturated rings. The molecule has 0 aliphatic carbocycles. The highest BCUT2D eigenvalue weighted by Crippen LogP contribution is 2.13. The molecule has 2 aromatic rings. The summed E-state index contributed by atoms with van der Waals surface area (Å²) in [5, 5.41) is 8.98. The van der Waals surface area contributed by atoms with Gasteiger partial charge in [0.15, 0.2) is 12.2 Å². The first-order valence-electron chi connectivity index (χ1n) is 6.45. The molecule has 7 N–H and O–H groups in total. The largest absolute Gasteiger partial charge is 0.726 e. The van der Waals surface area contributed by atoms with E-state index in [1.807, 2.05) is 19.4 Å². The first kappa shape index (κ1) is 22.3. The van der Waals surface area contributed by atoms with E-state index in [4.69, 9.17) is 28.4 Å². The van der Waals surface area contributed by atoms with E-state index < -0.39 is 10.4 Å². The lowest BCUT2D eigenvalue weighted by atomic mass is 10.2. The van der Waals surface area contributed by atoms with Gasteiger partial charge in [0.25, 0.3) is 0 Å². The Balaban J connectivity index is 0.000000777. The Morgan fingerprint density at radius 3 is 2.50 bits per heavy atom. The topological polar surface area (TPSA) is 188 Å². The summed E-state index contributed by atoms with van der Waals surface area (Å²) in [6.45, 7) is 4.71. The molecule has 10 nitrogen and oxygen atoms in total. The van der Waals surface area contributed by atoms with Gasteiger partial charge < -0.3 is 21.5 Å². The Bertz CT molecular complexity index is 755. The number of anilines is 1. The van der Waals surface area contributed by atoms with Gasteiger partial charge in [-0.05, 0) is 6.92 Å². The van der Waals surface area contributed by atoms with Crippen molar-refractivity contribution in [3.05, 3.63) is 33.7 Å². The first-order valence-corrected chi connectivity index (χ1v) is 8.69. The van der Waals surface area contributed by atoms with Crippen molar-refractivity contribution in [2.75, 3.05) is 12.3 Å². The summed E-state index contributed by atoms with van der Waals surface area (Å²) in [7, 11) is -4.92. The van der Waals surface area contributed by atoms with Crippen molar-refractivity contribution >= 4 is 27.6 Å². The molecular weight excluding hydrogens is 358 g/mol. The fourth-order valence-corrected chi connectivity index (χ4v) is 2.75. The zero-order valence-electron chi connectivity index (χ0n) is 13.3. The van der Waals surface area contributed by atoms with E-state index in [1.165, 1.54) is 4.88 Å². The molecule has 0 aliphatic heterocycles. The Morgan fingerprint density at radius 2 is 2.00 bits per heavy atom. The van der Waals surface area contributed by atoms with Gasteiger partial charge in [0.2, 0.25) is 15.9 Å². The Morgan fingerprint density at radius 1 is 1.42 bits per heavy atom. The second-order valence-corrected chi connectivity index (χ2v) is 6.38. The van der Waals surface area contributed by atoms with Crippen molar-refractivity contribution < 1.29 is 27.2 Å². The number of hydrogen-bond acceptors (Lipinski definition) is 9. The van der Waals surface area contributed by atoms with Crippen molar-refractivity contribution in [1.82, 2.24) is 16.1 Å². The molecule has 0 aliphatic rings. The van der Waals surface area contributed by atoms with Gasteiger partial charge >= 0.3 is 0 Å². The molecule has 0 radical (unpaired) electrons. The second kappa shape index (κ2) is 9.56. The number of aromatic nitrogens is 3. The maximum atomic E-state index is 8.98. The standard InChI is InChI=1S/C12H17N4OS.H3N.H2O4S/c1-8-11(3-4-17)18-7-16(8)6-10-5-14-9(2)15-12(10)13;;1-5(2,3)4/h5,7,17H,3-4,6H2,1-2H3,(H2,13,14,15);1H3;(H2,1,2,3,4)/q+1;;/p-1. The maximum absolute atomic E-state index is 8.98. The van der Waals surface area contributed by atoms with Crippen LogP contribution in [0.5, 0.6) is 0 Å². The molecule has 2 aromatic heterocycles. The summed E-state index contributed by atoms with van der Waals surface area (Å²) in [5.41, 5.74) is 10.0. The average Bonchev–Trinajstić information content (AvgIpc) is 2.73. The second-order valence-electron chi connectivity index (χ2n) is 4.59. The van der Waals surface area contributed by atoms with E-state index in [0.717, 1.165) is 11.3 Å². The number of hydrogen-bond donors (Lipinski definition) is 4. The first-order chi connectivity index (χ1) is 10.6. The monoisotopic (exact) mass is 379 g/mol. The van der Waals surface area contributed by atoms with Gasteiger partial charge in [-0.25, -0.2) is 18.4 Å². The molecule has 0 atom stereocenters. The van der Waals surface area contributed by atoms with Gasteiger partial charge in [0.1, 0.15) is 11.6 Å². The van der Waals surface area contributed by atoms with Crippen LogP contribution in [0.1, 0.15) is 22.0 Å². The van der Waals surface area contributed by atoms with Gasteiger partial charge in [0, 0.05) is 26.1 Å². The Hall–Kier alpha value is -1.70. The summed E-state index contributed by atoms with van der Waals surface area (Å²) in [6, 6.07) is 0. The van der Waals surface area contributed by atoms with Gasteiger partial charge in [-0.1, -0.05) is 11.3 Å². The van der Waals surface area contributed by atoms with Gasteiger partial charge in [0.05, 0.1) is 10.4 Å². The van der Waals surface area contributed by atoms with Crippen LogP contribution in [0.15, 0.2) is 11.7 Å². The Kier molecular flexibility index (Phi) is 8.88. The van der Waals surface area contributed by atoms with Crippen LogP contribution in [0.4, 0.5) is 5.82 Å². The van der Waals surface area contributed by atoms with Gasteiger partial charge in [-0.2, -0.15) is 4.57 Å². The highest BCUT2D eigenvalue weighted by atomic mass is 32.3. The average molecular weight is 379 g/mol. The predicted molar refractivity (Wildman–Crippen MR) is 87.7 cm³/mol. The summed E-state index contributed by atoms with van der Waals surface area (Å²) >= 11 is 1.65. The van der Waals surface area contributed by atoms with Crippen molar-refractivity contribution in [2.24, 2.45) is 0 Å². The fourth-order valence-electron chi connectivity index (χ4n) is 1.77. The maximum Gasteiger partial charge on any atom is 0.225 e. The molecule has 24 heavy (non-hydrogen) atoms. The van der Waals surface area contributed by atoms with Crippen molar-refractivity contribution in [2.45, 2.75) is 26.8 Å². The van der Waals surface area contributed by atoms with E-state index in [9.17, 15) is 0 Å². The van der Waals surface area contributed by atoms with E-state index in [0.29, 0.717) is 24.6 Å². The van der Waals surface area contributed by atoms with E-state index in [-0.39, 0.29) is 12.8 Å². The SMILES string of the molecule is Cc1ncc(C[n+]2csc(CCO)c2C)c(N)n1.N.O=S(=O)([O-])O. The minimum absolute atomic E-state index is 0. The third kappa shape index (κ3) is 7.72. The molecule has 0 bridgehead atoms. The number of aliphatic hydroxyl groups excluding tert-OH is 1. The summed E-state index contributed by atoms with van der Waals surface area (Å²) < 4.78 is 34.9. The highest BCUT2D eigenvalue weighted by Gasteiger charge is 2.16. The van der Waals surface area contributed by atoms with E-state index in [2.05, 4.69) is 14.5 Å². The van der Waals surface area contributed by atoms with Crippen molar-refractivity contribution in [3.8, 4) is 0 Å².